The Morgan fingerprint density at radius 1 is 0.837 bits per heavy atom. The van der Waals surface area contributed by atoms with Crippen molar-refractivity contribution in [2.75, 3.05) is 39.6 Å². The monoisotopic (exact) mass is 626 g/mol. The Balaban J connectivity index is 2.21. The van der Waals surface area contributed by atoms with Gasteiger partial charge in [0.15, 0.2) is 4.93 Å². The summed E-state index contributed by atoms with van der Waals surface area (Å²) < 4.78 is 30.9. The van der Waals surface area contributed by atoms with Crippen molar-refractivity contribution in [1.29, 1.82) is 0 Å². The lowest BCUT2D eigenvalue weighted by atomic mass is 9.91. The van der Waals surface area contributed by atoms with Gasteiger partial charge in [0.1, 0.15) is 30.7 Å². The quantitative estimate of drug-likeness (QED) is 0.133. The lowest BCUT2D eigenvalue weighted by molar-refractivity contribution is -0.180. The first kappa shape index (κ1) is 34.9. The van der Waals surface area contributed by atoms with Crippen LogP contribution in [0, 0.1) is 6.92 Å². The third kappa shape index (κ3) is 9.19. The van der Waals surface area contributed by atoms with Crippen LogP contribution in [0.25, 0.3) is 0 Å². The van der Waals surface area contributed by atoms with E-state index in [1.54, 1.807) is 36.4 Å². The van der Waals surface area contributed by atoms with Crippen molar-refractivity contribution in [3.05, 3.63) is 127 Å². The molecular weight excluding hydrogens is 584 g/mol. The third-order valence-electron chi connectivity index (χ3n) is 6.84. The molecule has 1 N–H and O–H groups in total. The van der Waals surface area contributed by atoms with Gasteiger partial charge < -0.3 is 28.8 Å². The molecule has 2 aromatic rings. The van der Waals surface area contributed by atoms with E-state index in [1.165, 1.54) is 17.3 Å². The Bertz CT molecular complexity index is 1230. The first-order valence-corrected chi connectivity index (χ1v) is 15.5. The number of ether oxygens (including phenoxy) is 5. The average molecular weight is 627 g/mol. The van der Waals surface area contributed by atoms with Gasteiger partial charge in [0.2, 0.25) is 0 Å². The second-order valence-electron chi connectivity index (χ2n) is 10.1. The number of aryl methyl sites for hydroxylation is 1. The zero-order chi connectivity index (χ0) is 31.2. The predicted molar refractivity (Wildman–Crippen MR) is 177 cm³/mol. The van der Waals surface area contributed by atoms with Crippen molar-refractivity contribution in [2.24, 2.45) is 0 Å². The van der Waals surface area contributed by atoms with Crippen LogP contribution in [0.2, 0.25) is 5.02 Å². The van der Waals surface area contributed by atoms with Gasteiger partial charge in [0.05, 0.1) is 38.3 Å². The molecule has 1 fully saturated rings. The molecule has 5 atom stereocenters. The van der Waals surface area contributed by atoms with E-state index in [9.17, 15) is 5.11 Å². The smallest absolute Gasteiger partial charge is 0.168 e. The zero-order valence-corrected chi connectivity index (χ0v) is 26.5. The van der Waals surface area contributed by atoms with E-state index >= 15 is 0 Å². The van der Waals surface area contributed by atoms with Gasteiger partial charge >= 0.3 is 0 Å². The van der Waals surface area contributed by atoms with Crippen LogP contribution in [-0.4, -0.2) is 68.3 Å². The molecule has 8 heteroatoms. The molecule has 1 heterocycles. The van der Waals surface area contributed by atoms with Gasteiger partial charge in [-0.25, -0.2) is 0 Å². The van der Waals surface area contributed by atoms with Gasteiger partial charge in [-0.1, -0.05) is 78.4 Å². The standard InChI is InChI=1S/C35H43ClO6S/c1-7-16-38-24-31-32(40-18-9-3)33(41-19-10-4)34(42-20-11-5)35(37,43-31)28-22-27(21-26-14-12-25(6)13-15-26)29(36)23-30(28)39-17-8-2/h7-15,22-23,31-34,37H,1-5,16-21,24H2,6H3/t31-,32+,33-,34+,35-/m0/s1. The maximum atomic E-state index is 12.9. The minimum Gasteiger partial charge on any atom is -0.489 e. The number of hydrogen-bond acceptors (Lipinski definition) is 7. The van der Waals surface area contributed by atoms with Crippen LogP contribution < -0.4 is 4.74 Å². The Labute approximate surface area is 265 Å². The molecular formula is C35H43ClO6S. The molecule has 0 amide bonds. The molecule has 1 saturated heterocycles. The molecule has 6 nitrogen and oxygen atoms in total. The number of thioether (sulfide) groups is 1. The summed E-state index contributed by atoms with van der Waals surface area (Å²) in [7, 11) is 0. The van der Waals surface area contributed by atoms with E-state index in [0.717, 1.165) is 11.1 Å². The third-order valence-corrected chi connectivity index (χ3v) is 8.71. The average Bonchev–Trinajstić information content (AvgIpc) is 3.00. The van der Waals surface area contributed by atoms with Gasteiger partial charge in [0.25, 0.3) is 0 Å². The highest BCUT2D eigenvalue weighted by molar-refractivity contribution is 8.00. The summed E-state index contributed by atoms with van der Waals surface area (Å²) in [5.74, 6) is 0.415. The molecule has 0 unspecified atom stereocenters. The minimum absolute atomic E-state index is 0.167. The van der Waals surface area contributed by atoms with Crippen molar-refractivity contribution < 1.29 is 28.8 Å². The Morgan fingerprint density at radius 3 is 2.07 bits per heavy atom. The number of aliphatic hydroxyl groups is 1. The highest BCUT2D eigenvalue weighted by atomic mass is 35.5. The van der Waals surface area contributed by atoms with Crippen molar-refractivity contribution >= 4 is 23.4 Å². The van der Waals surface area contributed by atoms with Crippen LogP contribution >= 0.6 is 23.4 Å². The molecule has 0 aliphatic carbocycles. The molecule has 232 valence electrons. The fourth-order valence-corrected chi connectivity index (χ4v) is 6.75. The minimum atomic E-state index is -1.67. The van der Waals surface area contributed by atoms with E-state index in [1.807, 2.05) is 13.0 Å². The van der Waals surface area contributed by atoms with Gasteiger partial charge in [-0.2, -0.15) is 0 Å². The molecule has 0 saturated carbocycles. The molecule has 0 aromatic heterocycles. The summed E-state index contributed by atoms with van der Waals surface area (Å²) in [4.78, 5) is -1.67. The molecule has 0 radical (unpaired) electrons. The molecule has 3 rings (SSSR count). The maximum absolute atomic E-state index is 12.9. The summed E-state index contributed by atoms with van der Waals surface area (Å²) in [6, 6.07) is 11.9. The normalized spacial score (nSPS) is 23.3. The lowest BCUT2D eigenvalue weighted by Gasteiger charge is -2.50. The second-order valence-corrected chi connectivity index (χ2v) is 12.0. The van der Waals surface area contributed by atoms with Crippen LogP contribution in [0.3, 0.4) is 0 Å². The Hall–Kier alpha value is -2.62. The number of benzene rings is 2. The summed E-state index contributed by atoms with van der Waals surface area (Å²) in [5.41, 5.74) is 3.59. The Kier molecular flexibility index (Phi) is 14.3. The molecule has 43 heavy (non-hydrogen) atoms. The van der Waals surface area contributed by atoms with Crippen molar-refractivity contribution in [3.8, 4) is 5.75 Å². The molecule has 0 spiro atoms. The van der Waals surface area contributed by atoms with Gasteiger partial charge in [-0.15, -0.1) is 38.1 Å². The highest BCUT2D eigenvalue weighted by Gasteiger charge is 2.57. The summed E-state index contributed by atoms with van der Waals surface area (Å²) >= 11 is 8.11. The fraction of sp³-hybridized carbons (Fsp3) is 0.371. The molecule has 1 aliphatic heterocycles. The second kappa shape index (κ2) is 17.6. The number of rotatable bonds is 19. The van der Waals surface area contributed by atoms with Crippen LogP contribution in [0.4, 0.5) is 0 Å². The van der Waals surface area contributed by atoms with Gasteiger partial charge in [0, 0.05) is 10.6 Å². The predicted octanol–water partition coefficient (Wildman–Crippen LogP) is 6.98. The summed E-state index contributed by atoms with van der Waals surface area (Å²) in [6.07, 6.45) is 6.70. The van der Waals surface area contributed by atoms with Crippen LogP contribution in [0.15, 0.2) is 99.7 Å². The first-order valence-electron chi connectivity index (χ1n) is 14.2. The van der Waals surface area contributed by atoms with Crippen molar-refractivity contribution in [2.45, 2.75) is 41.8 Å². The van der Waals surface area contributed by atoms with E-state index in [2.05, 4.69) is 57.2 Å². The van der Waals surface area contributed by atoms with Gasteiger partial charge in [-0.05, 0) is 36.6 Å². The first-order chi connectivity index (χ1) is 20.8. The Morgan fingerprint density at radius 2 is 1.44 bits per heavy atom. The van der Waals surface area contributed by atoms with Crippen LogP contribution in [-0.2, 0) is 30.3 Å². The highest BCUT2D eigenvalue weighted by Crippen LogP contribution is 2.53. The van der Waals surface area contributed by atoms with E-state index < -0.39 is 23.2 Å². The SMILES string of the molecule is C=CCOC[C@@H]1S[C@@](O)(c2cc(Cc3ccc(C)cc3)c(Cl)cc2OCC=C)[C@H](OCC=C)[C@@H](OCC=C)[C@@H]1OCC=C. The topological polar surface area (TPSA) is 66.4 Å². The van der Waals surface area contributed by atoms with Crippen molar-refractivity contribution in [1.82, 2.24) is 0 Å². The lowest BCUT2D eigenvalue weighted by Crippen LogP contribution is -2.61. The van der Waals surface area contributed by atoms with E-state index in [4.69, 9.17) is 35.3 Å². The zero-order valence-electron chi connectivity index (χ0n) is 24.9. The largest absolute Gasteiger partial charge is 0.489 e. The van der Waals surface area contributed by atoms with Crippen LogP contribution in [0.1, 0.15) is 22.3 Å². The molecule has 0 bridgehead atoms. The number of halogens is 1. The van der Waals surface area contributed by atoms with Crippen LogP contribution in [0.5, 0.6) is 5.75 Å². The van der Waals surface area contributed by atoms with E-state index in [-0.39, 0.29) is 38.3 Å². The number of hydrogen-bond donors (Lipinski definition) is 1. The summed E-state index contributed by atoms with van der Waals surface area (Å²) in [5, 5.41) is 13.0. The molecule has 1 aliphatic rings. The molecule has 2 aromatic carbocycles. The summed E-state index contributed by atoms with van der Waals surface area (Å²) in [6.45, 7) is 22.5. The maximum Gasteiger partial charge on any atom is 0.168 e. The van der Waals surface area contributed by atoms with Gasteiger partial charge in [-0.3, -0.25) is 0 Å². The van der Waals surface area contributed by atoms with Crippen molar-refractivity contribution in [3.63, 3.8) is 0 Å². The van der Waals surface area contributed by atoms with E-state index in [0.29, 0.717) is 29.4 Å². The fourth-order valence-electron chi connectivity index (χ4n) is 4.92.